The number of nitrogen functional groups attached to an aromatic ring is 1. The van der Waals surface area contributed by atoms with Crippen LogP contribution in [0.3, 0.4) is 0 Å². The number of aliphatic hydroxyl groups excluding tert-OH is 1. The molecular formula is C69H80Br2FN7O11. The number of aliphatic hydroxyl groups is 1. The van der Waals surface area contributed by atoms with E-state index in [9.17, 15) is 38.3 Å². The molecule has 1 amide bonds. The van der Waals surface area contributed by atoms with Crippen LogP contribution in [0.5, 0.6) is 11.5 Å². The first-order valence-corrected chi connectivity index (χ1v) is 32.5. The third kappa shape index (κ3) is 19.8. The first-order valence-electron chi connectivity index (χ1n) is 31.0. The summed E-state index contributed by atoms with van der Waals surface area (Å²) < 4.78 is 32.4. The lowest BCUT2D eigenvalue weighted by atomic mass is 10.00. The number of esters is 1. The van der Waals surface area contributed by atoms with Gasteiger partial charge in [0.15, 0.2) is 17.3 Å². The standard InChI is InChI=1S/C27H32FN3O5.C14H17NO3.C12H13NO3.C10H12BrN.C6H6BrN/c28-21-15-19(16-23-26(21)36-14-13-35-23)24(32)22(17-30-9-1-2-10-30)29-27(34)25(33)18-5-7-20(8-6-18)31-11-3-4-12-31;1-2-18-14(17)13(16)11-5-7-12(8-6-11)15-9-3-4-10-15;14-11(12(15)16)9-3-5-10(6-4-9)13-7-1-2-8-13;11-9-3-5-10(6-4-9)12-7-1-2-8-12;7-5-1-3-6(8)4-2-5/h5-8,15-16,22,24,32H,1-4,9-14,17H2,(H,29,34);5-8H,2-4,9-10H2,1H3;3-6H,1-2,7-8H2,(H,15,16);3-6H,1-2,7-8H2;1-4H,8H2/t22-,24-;;;;/m1..../s1. The Morgan fingerprint density at radius 3 is 1.33 bits per heavy atom. The molecule has 21 heteroatoms. The number of fused-ring (bicyclic) bond motifs is 1. The minimum atomic E-state index is -1.41. The summed E-state index contributed by atoms with van der Waals surface area (Å²) in [6, 6.07) is 39.0. The predicted octanol–water partition coefficient (Wildman–Crippen LogP) is 11.4. The molecule has 18 nitrogen and oxygen atoms in total. The molecule has 478 valence electrons. The van der Waals surface area contributed by atoms with Crippen LogP contribution in [0.4, 0.5) is 32.8 Å². The normalized spacial score (nSPS) is 16.4. The van der Waals surface area contributed by atoms with Crippen LogP contribution in [0.25, 0.3) is 0 Å². The van der Waals surface area contributed by atoms with E-state index in [1.807, 2.05) is 60.7 Å². The maximum atomic E-state index is 14.6. The average Bonchev–Trinajstić information content (AvgIpc) is 2.93. The number of hydrogen-bond acceptors (Lipinski definition) is 16. The Morgan fingerprint density at radius 1 is 0.544 bits per heavy atom. The molecule has 5 N–H and O–H groups in total. The number of rotatable bonds is 16. The second-order valence-corrected chi connectivity index (χ2v) is 24.3. The van der Waals surface area contributed by atoms with Gasteiger partial charge in [-0.05, 0) is 223 Å². The number of carboxylic acids is 1. The number of carbonyl (C=O) groups excluding carboxylic acids is 5. The highest BCUT2D eigenvalue weighted by atomic mass is 79.9. The molecular weight excluding hydrogens is 1280 g/mol. The molecule has 12 rings (SSSR count). The fraction of sp³-hybridized carbons (Fsp3) is 0.391. The third-order valence-corrected chi connectivity index (χ3v) is 17.2. The van der Waals surface area contributed by atoms with Crippen molar-refractivity contribution in [2.24, 2.45) is 0 Å². The van der Waals surface area contributed by atoms with Crippen LogP contribution in [0.2, 0.25) is 0 Å². The van der Waals surface area contributed by atoms with Gasteiger partial charge in [0.25, 0.3) is 17.5 Å². The fourth-order valence-electron chi connectivity index (χ4n) is 11.3. The second kappa shape index (κ2) is 34.4. The van der Waals surface area contributed by atoms with Gasteiger partial charge in [-0.3, -0.25) is 19.2 Å². The van der Waals surface area contributed by atoms with E-state index in [1.165, 1.54) is 69.4 Å². The molecule has 0 bridgehead atoms. The van der Waals surface area contributed by atoms with Crippen molar-refractivity contribution < 1.29 is 57.6 Å². The maximum absolute atomic E-state index is 14.6. The maximum Gasteiger partial charge on any atom is 0.379 e. The monoisotopic (exact) mass is 1360 g/mol. The van der Waals surface area contributed by atoms with Gasteiger partial charge in [0, 0.05) is 113 Å². The molecule has 0 saturated carbocycles. The number of nitrogens with one attached hydrogen (secondary N) is 1. The molecule has 5 saturated heterocycles. The number of benzene rings is 6. The van der Waals surface area contributed by atoms with Crippen LogP contribution in [0.15, 0.2) is 142 Å². The summed E-state index contributed by atoms with van der Waals surface area (Å²) in [5.41, 5.74) is 11.9. The SMILES string of the molecule is Brc1ccc(N2CCCC2)cc1.CCOC(=O)C(=O)c1ccc(N2CCCC2)cc1.Nc1ccc(Br)cc1.O=C(N[C@H](CN1CCCC1)[C@H](O)c1cc(F)c2c(c1)OCCO2)C(=O)c1ccc(N2CCCC2)cc1.O=C(O)C(=O)c1ccc(N2CCCC2)cc1. The van der Waals surface area contributed by atoms with Crippen molar-refractivity contribution in [2.75, 3.05) is 117 Å². The first kappa shape index (κ1) is 68.1. The number of hydrogen-bond donors (Lipinski definition) is 4. The minimum absolute atomic E-state index is 0.0184. The number of aliphatic carboxylic acids is 1. The first-order chi connectivity index (χ1) is 43.5. The number of anilines is 5. The van der Waals surface area contributed by atoms with Crippen molar-refractivity contribution in [1.82, 2.24) is 10.2 Å². The highest BCUT2D eigenvalue weighted by Gasteiger charge is 2.32. The number of halogens is 3. The molecule has 6 aliphatic heterocycles. The lowest BCUT2D eigenvalue weighted by Gasteiger charge is -2.29. The van der Waals surface area contributed by atoms with Crippen LogP contribution < -0.4 is 40.1 Å². The third-order valence-electron chi connectivity index (χ3n) is 16.1. The molecule has 0 spiro atoms. The van der Waals surface area contributed by atoms with Gasteiger partial charge in [-0.1, -0.05) is 31.9 Å². The molecule has 0 aliphatic carbocycles. The number of carboxylic acid groups (broad SMARTS) is 1. The lowest BCUT2D eigenvalue weighted by Crippen LogP contribution is -2.48. The molecule has 90 heavy (non-hydrogen) atoms. The largest absolute Gasteiger partial charge is 0.486 e. The summed E-state index contributed by atoms with van der Waals surface area (Å²) in [6.07, 6.45) is 10.6. The van der Waals surface area contributed by atoms with Crippen molar-refractivity contribution in [1.29, 1.82) is 0 Å². The van der Waals surface area contributed by atoms with E-state index in [0.717, 1.165) is 110 Å². The van der Waals surface area contributed by atoms with E-state index in [0.29, 0.717) is 12.1 Å². The Hall–Kier alpha value is -7.85. The number of nitrogens with zero attached hydrogens (tertiary/aromatic N) is 5. The molecule has 0 radical (unpaired) electrons. The highest BCUT2D eigenvalue weighted by molar-refractivity contribution is 9.10. The summed E-state index contributed by atoms with van der Waals surface area (Å²) >= 11 is 6.73. The number of amides is 1. The summed E-state index contributed by atoms with van der Waals surface area (Å²) in [5.74, 6) is -5.50. The van der Waals surface area contributed by atoms with Gasteiger partial charge in [-0.2, -0.15) is 0 Å². The van der Waals surface area contributed by atoms with Crippen molar-refractivity contribution in [2.45, 2.75) is 83.3 Å². The number of likely N-dealkylation sites (tertiary alicyclic amines) is 1. The Balaban J connectivity index is 0.000000162. The molecule has 6 heterocycles. The topological polar surface area (TPSA) is 225 Å². The lowest BCUT2D eigenvalue weighted by molar-refractivity contribution is -0.137. The molecule has 6 aromatic carbocycles. The van der Waals surface area contributed by atoms with Gasteiger partial charge in [-0.15, -0.1) is 0 Å². The van der Waals surface area contributed by atoms with E-state index >= 15 is 0 Å². The van der Waals surface area contributed by atoms with Crippen molar-refractivity contribution in [3.8, 4) is 11.5 Å². The Kier molecular flexibility index (Phi) is 26.0. The Labute approximate surface area is 542 Å². The second-order valence-electron chi connectivity index (χ2n) is 22.5. The van der Waals surface area contributed by atoms with Crippen molar-refractivity contribution >= 4 is 95.5 Å². The smallest absolute Gasteiger partial charge is 0.379 e. The fourth-order valence-corrected chi connectivity index (χ4v) is 11.8. The van der Waals surface area contributed by atoms with Crippen LogP contribution in [0, 0.1) is 5.82 Å². The summed E-state index contributed by atoms with van der Waals surface area (Å²) in [6.45, 7) is 13.1. The summed E-state index contributed by atoms with van der Waals surface area (Å²) in [7, 11) is 0. The van der Waals surface area contributed by atoms with E-state index in [-0.39, 0.29) is 48.0 Å². The van der Waals surface area contributed by atoms with Gasteiger partial charge < -0.3 is 60.0 Å². The van der Waals surface area contributed by atoms with Crippen LogP contribution in [-0.2, 0) is 19.1 Å². The zero-order valence-electron chi connectivity index (χ0n) is 50.8. The van der Waals surface area contributed by atoms with Crippen LogP contribution in [0.1, 0.15) is 114 Å². The van der Waals surface area contributed by atoms with Gasteiger partial charge >= 0.3 is 11.9 Å². The van der Waals surface area contributed by atoms with Crippen molar-refractivity contribution in [3.63, 3.8) is 0 Å². The van der Waals surface area contributed by atoms with Gasteiger partial charge in [0.05, 0.1) is 12.6 Å². The van der Waals surface area contributed by atoms with Gasteiger partial charge in [0.2, 0.25) is 5.78 Å². The molecule has 2 atom stereocenters. The average molecular weight is 1360 g/mol. The Bertz CT molecular complexity index is 3290. The molecule has 0 unspecified atom stereocenters. The number of ketones is 3. The summed E-state index contributed by atoms with van der Waals surface area (Å²) in [5, 5.41) is 22.5. The van der Waals surface area contributed by atoms with E-state index in [4.69, 9.17) is 20.3 Å². The molecule has 0 aromatic heterocycles. The van der Waals surface area contributed by atoms with Gasteiger partial charge in [0.1, 0.15) is 19.3 Å². The zero-order valence-corrected chi connectivity index (χ0v) is 54.0. The number of ether oxygens (including phenoxy) is 3. The van der Waals surface area contributed by atoms with E-state index in [2.05, 4.69) is 90.7 Å². The van der Waals surface area contributed by atoms with Crippen LogP contribution in [-0.4, -0.2) is 148 Å². The van der Waals surface area contributed by atoms with Crippen molar-refractivity contribution in [3.05, 3.63) is 170 Å². The number of carbonyl (C=O) groups is 6. The van der Waals surface area contributed by atoms with E-state index in [1.54, 1.807) is 43.3 Å². The zero-order chi connectivity index (χ0) is 63.9. The quantitative estimate of drug-likeness (QED) is 0.0306. The molecule has 5 fully saturated rings. The predicted molar refractivity (Wildman–Crippen MR) is 355 cm³/mol. The molecule has 6 aliphatic rings. The summed E-state index contributed by atoms with van der Waals surface area (Å²) in [4.78, 5) is 81.9. The van der Waals surface area contributed by atoms with Gasteiger partial charge in [-0.25, -0.2) is 14.0 Å². The number of Topliss-reactive ketones (excluding diaryl/α,β-unsaturated/α-hetero) is 3. The van der Waals surface area contributed by atoms with Crippen LogP contribution >= 0.6 is 31.9 Å². The van der Waals surface area contributed by atoms with E-state index < -0.39 is 53.2 Å². The Morgan fingerprint density at radius 2 is 0.922 bits per heavy atom. The highest BCUT2D eigenvalue weighted by Crippen LogP contribution is 2.37. The number of nitrogens with two attached hydrogens (primary N) is 1. The molecule has 6 aromatic rings. The minimum Gasteiger partial charge on any atom is -0.486 e.